The number of hydrogen-bond acceptors (Lipinski definition) is 5. The van der Waals surface area contributed by atoms with Crippen LogP contribution in [-0.2, 0) is 19.1 Å². The van der Waals surface area contributed by atoms with Crippen LogP contribution in [0, 0.1) is 38.5 Å². The van der Waals surface area contributed by atoms with E-state index in [4.69, 9.17) is 29.7 Å². The zero-order valence-corrected chi connectivity index (χ0v) is 30.0. The molecule has 244 valence electrons. The van der Waals surface area contributed by atoms with Gasteiger partial charge in [0.1, 0.15) is 12.5 Å². The Balaban J connectivity index is 0.00000451. The molecule has 0 N–H and O–H groups in total. The van der Waals surface area contributed by atoms with E-state index in [0.717, 1.165) is 44.7 Å². The molecule has 5 heterocycles. The molecule has 0 unspecified atom stereocenters. The molecular formula is C38H38MgN4O5-2. The Hall–Kier alpha value is -4.28. The van der Waals surface area contributed by atoms with Crippen LogP contribution in [0.25, 0.3) is 35.2 Å². The molecule has 3 aromatic rings. The summed E-state index contributed by atoms with van der Waals surface area (Å²) in [6.07, 6.45) is 9.96. The first-order valence-corrected chi connectivity index (χ1v) is 15.8. The van der Waals surface area contributed by atoms with Crippen LogP contribution in [0.1, 0.15) is 89.0 Å². The van der Waals surface area contributed by atoms with Crippen molar-refractivity contribution in [1.82, 2.24) is 15.0 Å². The van der Waals surface area contributed by atoms with Gasteiger partial charge in [-0.3, -0.25) is 14.4 Å². The van der Waals surface area contributed by atoms with Gasteiger partial charge in [0.05, 0.1) is 7.11 Å². The van der Waals surface area contributed by atoms with Crippen LogP contribution in [0.2, 0.25) is 0 Å². The number of nitrogens with zero attached hydrogens (tertiary/aromatic N) is 4. The average molecular weight is 655 g/mol. The van der Waals surface area contributed by atoms with E-state index in [1.54, 1.807) is 6.08 Å². The summed E-state index contributed by atoms with van der Waals surface area (Å²) in [5.74, 6) is -3.05. The SMILES string of the molecule is C=Cc1c2[n-]c(c1C)/C=C1\[N-]/C(=C3\c4[n-]c(c(C)c4C(=O)[C@@H]3C(=O)OC)/C=c3/cc(C)/c([n-]3)=C/2)[C@@H](CCC(=O)OCC=C(C)C)[C@@H]1C.[Mg+2]. The van der Waals surface area contributed by atoms with Crippen molar-refractivity contribution in [2.45, 2.75) is 54.4 Å². The molecule has 2 aliphatic heterocycles. The molecule has 6 rings (SSSR count). The Morgan fingerprint density at radius 2 is 1.73 bits per heavy atom. The van der Waals surface area contributed by atoms with Gasteiger partial charge < -0.3 is 29.7 Å². The Bertz CT molecular complexity index is 2060. The first kappa shape index (κ1) is 35.0. The number of aryl methyl sites for hydroxylation is 1. The summed E-state index contributed by atoms with van der Waals surface area (Å²) in [5, 5.41) is 6.60. The number of allylic oxidation sites excluding steroid dienone is 3. The number of carbonyl (C=O) groups excluding carboxylic acids is 3. The first-order valence-electron chi connectivity index (χ1n) is 15.8. The third-order valence-electron chi connectivity index (χ3n) is 9.43. The fourth-order valence-corrected chi connectivity index (χ4v) is 6.75. The monoisotopic (exact) mass is 654 g/mol. The summed E-state index contributed by atoms with van der Waals surface area (Å²) in [5.41, 5.74) is 9.19. The molecule has 3 atom stereocenters. The fraction of sp³-hybridized carbons (Fsp3) is 0.342. The van der Waals surface area contributed by atoms with Gasteiger partial charge in [0.15, 0.2) is 5.78 Å². The van der Waals surface area contributed by atoms with Crippen LogP contribution in [0.15, 0.2) is 35.7 Å². The number of esters is 2. The molecule has 1 fully saturated rings. The molecule has 1 aliphatic carbocycles. The molecule has 0 saturated carbocycles. The Kier molecular flexibility index (Phi) is 9.98. The zero-order chi connectivity index (χ0) is 33.7. The van der Waals surface area contributed by atoms with Gasteiger partial charge in [-0.1, -0.05) is 71.7 Å². The molecule has 8 bridgehead atoms. The number of methoxy groups -OCH3 is 1. The van der Waals surface area contributed by atoms with Crippen molar-refractivity contribution in [2.24, 2.45) is 17.8 Å². The summed E-state index contributed by atoms with van der Waals surface area (Å²) in [6, 6.07) is 1.97. The number of fused-ring (bicyclic) bond motifs is 7. The minimum Gasteiger partial charge on any atom is -0.664 e. The molecule has 3 aromatic heterocycles. The van der Waals surface area contributed by atoms with Crippen LogP contribution in [0.3, 0.4) is 0 Å². The van der Waals surface area contributed by atoms with Crippen LogP contribution < -0.4 is 25.7 Å². The Morgan fingerprint density at radius 3 is 2.42 bits per heavy atom. The number of carbonyl (C=O) groups is 3. The molecule has 10 heteroatoms. The maximum absolute atomic E-state index is 14.0. The van der Waals surface area contributed by atoms with Gasteiger partial charge in [0, 0.05) is 12.0 Å². The van der Waals surface area contributed by atoms with Gasteiger partial charge in [-0.05, 0) is 64.5 Å². The van der Waals surface area contributed by atoms with E-state index in [-0.39, 0.29) is 59.7 Å². The smallest absolute Gasteiger partial charge is 0.664 e. The quantitative estimate of drug-likeness (QED) is 0.159. The molecule has 3 aliphatic rings. The molecule has 9 nitrogen and oxygen atoms in total. The van der Waals surface area contributed by atoms with Gasteiger partial charge >= 0.3 is 35.0 Å². The van der Waals surface area contributed by atoms with Crippen molar-refractivity contribution in [3.05, 3.63) is 102 Å². The van der Waals surface area contributed by atoms with Crippen molar-refractivity contribution >= 4 is 70.7 Å². The number of rotatable bonds is 7. The van der Waals surface area contributed by atoms with E-state index in [1.807, 2.05) is 71.9 Å². The van der Waals surface area contributed by atoms with E-state index < -0.39 is 11.9 Å². The van der Waals surface area contributed by atoms with E-state index in [0.29, 0.717) is 45.6 Å². The van der Waals surface area contributed by atoms with Gasteiger partial charge in [-0.2, -0.15) is 11.4 Å². The largest absolute Gasteiger partial charge is 2.00 e. The van der Waals surface area contributed by atoms with Crippen molar-refractivity contribution in [3.63, 3.8) is 0 Å². The van der Waals surface area contributed by atoms with Gasteiger partial charge in [-0.25, -0.2) is 0 Å². The minimum absolute atomic E-state index is 0. The second kappa shape index (κ2) is 13.7. The minimum atomic E-state index is -1.21. The van der Waals surface area contributed by atoms with Gasteiger partial charge in [-0.15, -0.1) is 33.5 Å². The summed E-state index contributed by atoms with van der Waals surface area (Å²) < 4.78 is 10.6. The van der Waals surface area contributed by atoms with Crippen molar-refractivity contribution in [3.8, 4) is 0 Å². The number of Topliss-reactive ketones (excluding diaryl/α,β-unsaturated/α-hetero) is 1. The maximum atomic E-state index is 14.0. The average Bonchev–Trinajstić information content (AvgIpc) is 3.77. The zero-order valence-electron chi connectivity index (χ0n) is 28.6. The number of ether oxygens (including phenoxy) is 2. The Morgan fingerprint density at radius 1 is 1.00 bits per heavy atom. The normalized spacial score (nSPS) is 23.0. The molecule has 0 radical (unpaired) electrons. The van der Waals surface area contributed by atoms with Gasteiger partial charge in [0.2, 0.25) is 0 Å². The molecule has 1 saturated heterocycles. The van der Waals surface area contributed by atoms with E-state index in [2.05, 4.69) is 6.58 Å². The van der Waals surface area contributed by atoms with E-state index in [1.165, 1.54) is 7.11 Å². The summed E-state index contributed by atoms with van der Waals surface area (Å²) in [6.45, 7) is 16.0. The maximum Gasteiger partial charge on any atom is 2.00 e. The summed E-state index contributed by atoms with van der Waals surface area (Å²) in [7, 11) is 1.27. The molecular weight excluding hydrogens is 617 g/mol. The van der Waals surface area contributed by atoms with Crippen molar-refractivity contribution in [1.29, 1.82) is 0 Å². The molecule has 0 spiro atoms. The second-order valence-electron chi connectivity index (χ2n) is 12.7. The predicted molar refractivity (Wildman–Crippen MR) is 186 cm³/mol. The first-order chi connectivity index (χ1) is 22.4. The van der Waals surface area contributed by atoms with Crippen molar-refractivity contribution in [2.75, 3.05) is 13.7 Å². The number of aromatic nitrogens is 3. The topological polar surface area (TPSA) is 126 Å². The van der Waals surface area contributed by atoms with Gasteiger partial charge in [0.25, 0.3) is 0 Å². The van der Waals surface area contributed by atoms with Crippen LogP contribution in [-0.4, -0.2) is 54.5 Å². The third kappa shape index (κ3) is 6.07. The predicted octanol–water partition coefficient (Wildman–Crippen LogP) is 4.38. The second-order valence-corrected chi connectivity index (χ2v) is 12.7. The van der Waals surface area contributed by atoms with Crippen LogP contribution in [0.5, 0.6) is 0 Å². The standard InChI is InChI=1S/C38H39N4O5.Mg/c1-9-24-20(5)28-17-29-21(6)25(10-11-31(43)47-13-12-18(2)3)35(41-29)33-34(38(45)46-8)37(44)32-22(7)27(42-36(32)33)15-23-14-19(4)26(39-23)16-30(24)40-28;/h9,12,14-17,21,25,34H,1,10-11,13H2,2-8H3,(H-,41,42,44);/q-3;+2/p-1/b23-15-,26-16-,29-17-;/t21-,25-,34+;/m0./s1. The molecule has 48 heavy (non-hydrogen) atoms. The number of hydrogen-bond donors (Lipinski definition) is 0. The van der Waals surface area contributed by atoms with E-state index >= 15 is 0 Å². The Labute approximate surface area is 296 Å². The van der Waals surface area contributed by atoms with Crippen LogP contribution in [0.4, 0.5) is 0 Å². The third-order valence-corrected chi connectivity index (χ3v) is 9.43. The van der Waals surface area contributed by atoms with E-state index in [9.17, 15) is 14.4 Å². The van der Waals surface area contributed by atoms with Crippen LogP contribution >= 0.6 is 0 Å². The van der Waals surface area contributed by atoms with Crippen molar-refractivity contribution < 1.29 is 23.9 Å². The summed E-state index contributed by atoms with van der Waals surface area (Å²) in [4.78, 5) is 54.9. The summed E-state index contributed by atoms with van der Waals surface area (Å²) >= 11 is 0. The molecule has 0 aromatic carbocycles. The number of ketones is 1. The molecule has 0 amide bonds. The fourth-order valence-electron chi connectivity index (χ4n) is 6.75.